The third kappa shape index (κ3) is 4.41. The second kappa shape index (κ2) is 8.32. The van der Waals surface area contributed by atoms with E-state index in [2.05, 4.69) is 34.2 Å². The zero-order valence-corrected chi connectivity index (χ0v) is 16.1. The van der Waals surface area contributed by atoms with Crippen LogP contribution in [-0.4, -0.2) is 42.0 Å². The molecule has 1 aliphatic rings. The second-order valence-corrected chi connectivity index (χ2v) is 7.05. The van der Waals surface area contributed by atoms with Crippen molar-refractivity contribution in [3.8, 4) is 0 Å². The molecular formula is C21H25N3OS. The zero-order chi connectivity index (χ0) is 18.5. The average molecular weight is 368 g/mol. The molecule has 136 valence electrons. The smallest absolute Gasteiger partial charge is 0.169 e. The Balaban J connectivity index is 1.53. The third-order valence-corrected chi connectivity index (χ3v) is 5.22. The maximum atomic E-state index is 11.4. The minimum absolute atomic E-state index is 0.102. The van der Waals surface area contributed by atoms with Gasteiger partial charge in [-0.05, 0) is 55.9 Å². The molecule has 26 heavy (non-hydrogen) atoms. The Morgan fingerprint density at radius 3 is 2.19 bits per heavy atom. The molecule has 2 aromatic rings. The number of carbonyl (C=O) groups is 1. The topological polar surface area (TPSA) is 35.6 Å². The molecule has 0 aromatic heterocycles. The van der Waals surface area contributed by atoms with Crippen LogP contribution >= 0.6 is 12.2 Å². The van der Waals surface area contributed by atoms with Gasteiger partial charge in [-0.3, -0.25) is 4.79 Å². The van der Waals surface area contributed by atoms with Crippen LogP contribution in [0.1, 0.15) is 35.8 Å². The molecule has 1 saturated heterocycles. The SMILES string of the molecule is CC(=O)c1ccc(N2CCN(C(=S)NC(C)c3ccccc3)CC2)cc1. The number of piperazine rings is 1. The van der Waals surface area contributed by atoms with Gasteiger partial charge in [0.05, 0.1) is 6.04 Å². The molecule has 3 rings (SSSR count). The number of ketones is 1. The lowest BCUT2D eigenvalue weighted by Gasteiger charge is -2.38. The molecular weight excluding hydrogens is 342 g/mol. The Bertz CT molecular complexity index is 753. The number of thiocarbonyl (C=S) groups is 1. The summed E-state index contributed by atoms with van der Waals surface area (Å²) < 4.78 is 0. The number of hydrogen-bond donors (Lipinski definition) is 1. The number of hydrogen-bond acceptors (Lipinski definition) is 3. The monoisotopic (exact) mass is 367 g/mol. The molecule has 0 bridgehead atoms. The van der Waals surface area contributed by atoms with Gasteiger partial charge in [0.1, 0.15) is 0 Å². The van der Waals surface area contributed by atoms with Crippen LogP contribution in [-0.2, 0) is 0 Å². The number of anilines is 1. The predicted molar refractivity (Wildman–Crippen MR) is 111 cm³/mol. The van der Waals surface area contributed by atoms with Crippen LogP contribution in [0.25, 0.3) is 0 Å². The van der Waals surface area contributed by atoms with Crippen molar-refractivity contribution in [1.29, 1.82) is 0 Å². The molecule has 1 heterocycles. The van der Waals surface area contributed by atoms with Crippen LogP contribution in [0.15, 0.2) is 54.6 Å². The Morgan fingerprint density at radius 1 is 1.00 bits per heavy atom. The largest absolute Gasteiger partial charge is 0.368 e. The van der Waals surface area contributed by atoms with Gasteiger partial charge in [-0.1, -0.05) is 30.3 Å². The molecule has 0 spiro atoms. The van der Waals surface area contributed by atoms with Crippen LogP contribution < -0.4 is 10.2 Å². The first kappa shape index (κ1) is 18.4. The van der Waals surface area contributed by atoms with Gasteiger partial charge in [-0.2, -0.15) is 0 Å². The predicted octanol–water partition coefficient (Wildman–Crippen LogP) is 3.65. The van der Waals surface area contributed by atoms with Crippen molar-refractivity contribution >= 4 is 28.8 Å². The molecule has 1 fully saturated rings. The molecule has 5 heteroatoms. The van der Waals surface area contributed by atoms with E-state index in [4.69, 9.17) is 12.2 Å². The molecule has 0 aliphatic carbocycles. The highest BCUT2D eigenvalue weighted by molar-refractivity contribution is 7.80. The summed E-state index contributed by atoms with van der Waals surface area (Å²) in [7, 11) is 0. The summed E-state index contributed by atoms with van der Waals surface area (Å²) in [6.45, 7) is 7.35. The van der Waals surface area contributed by atoms with Crippen molar-refractivity contribution in [3.05, 3.63) is 65.7 Å². The summed E-state index contributed by atoms with van der Waals surface area (Å²) in [5.74, 6) is 0.102. The molecule has 0 saturated carbocycles. The summed E-state index contributed by atoms with van der Waals surface area (Å²) in [6, 6.07) is 18.4. The standard InChI is InChI=1S/C21H25N3OS/c1-16(18-6-4-3-5-7-18)22-21(26)24-14-12-23(13-15-24)20-10-8-19(9-11-20)17(2)25/h3-11,16H,12-15H2,1-2H3,(H,22,26). The fraction of sp³-hybridized carbons (Fsp3) is 0.333. The Kier molecular flexibility index (Phi) is 5.89. The van der Waals surface area contributed by atoms with Gasteiger partial charge < -0.3 is 15.1 Å². The Labute approximate surface area is 160 Å². The lowest BCUT2D eigenvalue weighted by atomic mass is 10.1. The van der Waals surface area contributed by atoms with Gasteiger partial charge >= 0.3 is 0 Å². The summed E-state index contributed by atoms with van der Waals surface area (Å²) in [5.41, 5.74) is 3.15. The number of benzene rings is 2. The van der Waals surface area contributed by atoms with Crippen LogP contribution in [0.5, 0.6) is 0 Å². The summed E-state index contributed by atoms with van der Waals surface area (Å²) in [5, 5.41) is 4.25. The van der Waals surface area contributed by atoms with Gasteiger partial charge in [-0.25, -0.2) is 0 Å². The highest BCUT2D eigenvalue weighted by Crippen LogP contribution is 2.18. The van der Waals surface area contributed by atoms with Crippen molar-refractivity contribution in [2.75, 3.05) is 31.1 Å². The van der Waals surface area contributed by atoms with E-state index in [0.29, 0.717) is 0 Å². The molecule has 1 atom stereocenters. The molecule has 1 unspecified atom stereocenters. The van der Waals surface area contributed by atoms with Crippen molar-refractivity contribution in [1.82, 2.24) is 10.2 Å². The molecule has 1 N–H and O–H groups in total. The Hall–Kier alpha value is -2.40. The zero-order valence-electron chi connectivity index (χ0n) is 15.3. The molecule has 1 aliphatic heterocycles. The van der Waals surface area contributed by atoms with Crippen molar-refractivity contribution in [2.24, 2.45) is 0 Å². The summed E-state index contributed by atoms with van der Waals surface area (Å²) in [6.07, 6.45) is 0. The van der Waals surface area contributed by atoms with Crippen molar-refractivity contribution in [2.45, 2.75) is 19.9 Å². The van der Waals surface area contributed by atoms with E-state index in [1.165, 1.54) is 5.56 Å². The number of rotatable bonds is 4. The minimum atomic E-state index is 0.102. The Morgan fingerprint density at radius 2 is 1.62 bits per heavy atom. The van der Waals surface area contributed by atoms with Crippen molar-refractivity contribution in [3.63, 3.8) is 0 Å². The lowest BCUT2D eigenvalue weighted by molar-refractivity contribution is 0.101. The number of nitrogens with one attached hydrogen (secondary N) is 1. The maximum Gasteiger partial charge on any atom is 0.169 e. The summed E-state index contributed by atoms with van der Waals surface area (Å²) >= 11 is 5.61. The maximum absolute atomic E-state index is 11.4. The molecule has 4 nitrogen and oxygen atoms in total. The lowest BCUT2D eigenvalue weighted by Crippen LogP contribution is -2.52. The first-order chi connectivity index (χ1) is 12.5. The van der Waals surface area contributed by atoms with Crippen LogP contribution in [0, 0.1) is 0 Å². The first-order valence-corrected chi connectivity index (χ1v) is 9.42. The van der Waals surface area contributed by atoms with E-state index in [0.717, 1.165) is 42.5 Å². The van der Waals surface area contributed by atoms with E-state index < -0.39 is 0 Å². The highest BCUT2D eigenvalue weighted by Gasteiger charge is 2.20. The van der Waals surface area contributed by atoms with E-state index >= 15 is 0 Å². The number of Topliss-reactive ketones (excluding diaryl/α,β-unsaturated/α-hetero) is 1. The second-order valence-electron chi connectivity index (χ2n) is 6.66. The molecule has 0 amide bonds. The van der Waals surface area contributed by atoms with Gasteiger partial charge in [-0.15, -0.1) is 0 Å². The van der Waals surface area contributed by atoms with Gasteiger partial charge in [0.15, 0.2) is 10.9 Å². The van der Waals surface area contributed by atoms with E-state index in [9.17, 15) is 4.79 Å². The summed E-state index contributed by atoms with van der Waals surface area (Å²) in [4.78, 5) is 16.0. The van der Waals surface area contributed by atoms with Crippen LogP contribution in [0.4, 0.5) is 5.69 Å². The van der Waals surface area contributed by atoms with E-state index in [1.54, 1.807) is 6.92 Å². The minimum Gasteiger partial charge on any atom is -0.368 e. The number of carbonyl (C=O) groups excluding carboxylic acids is 1. The van der Waals surface area contributed by atoms with Crippen LogP contribution in [0.3, 0.4) is 0 Å². The van der Waals surface area contributed by atoms with E-state index in [1.807, 2.05) is 42.5 Å². The fourth-order valence-electron chi connectivity index (χ4n) is 3.18. The molecule has 0 radical (unpaired) electrons. The van der Waals surface area contributed by atoms with E-state index in [-0.39, 0.29) is 11.8 Å². The highest BCUT2D eigenvalue weighted by atomic mass is 32.1. The van der Waals surface area contributed by atoms with Crippen LogP contribution in [0.2, 0.25) is 0 Å². The molecule has 2 aromatic carbocycles. The quantitative estimate of drug-likeness (QED) is 0.659. The average Bonchev–Trinajstić information content (AvgIpc) is 2.69. The fourth-order valence-corrected chi connectivity index (χ4v) is 3.54. The van der Waals surface area contributed by atoms with Gasteiger partial charge in [0, 0.05) is 37.4 Å². The first-order valence-electron chi connectivity index (χ1n) is 9.01. The number of nitrogens with zero attached hydrogens (tertiary/aromatic N) is 2. The van der Waals surface area contributed by atoms with Gasteiger partial charge in [0.2, 0.25) is 0 Å². The third-order valence-electron chi connectivity index (χ3n) is 4.85. The van der Waals surface area contributed by atoms with Gasteiger partial charge in [0.25, 0.3) is 0 Å². The van der Waals surface area contributed by atoms with Crippen molar-refractivity contribution < 1.29 is 4.79 Å². The normalized spacial score (nSPS) is 15.5.